The first-order valence-corrected chi connectivity index (χ1v) is 13.7. The van der Waals surface area contributed by atoms with Crippen LogP contribution in [0.4, 0.5) is 5.82 Å². The molecule has 3 aromatic carbocycles. The van der Waals surface area contributed by atoms with E-state index in [0.717, 1.165) is 28.1 Å². The van der Waals surface area contributed by atoms with Crippen LogP contribution >= 0.6 is 0 Å². The Bertz CT molecular complexity index is 1430. The molecule has 8 heteroatoms. The van der Waals surface area contributed by atoms with Crippen molar-refractivity contribution in [2.75, 3.05) is 31.5 Å². The van der Waals surface area contributed by atoms with Crippen molar-refractivity contribution in [3.8, 4) is 0 Å². The van der Waals surface area contributed by atoms with Gasteiger partial charge in [0.25, 0.3) is 0 Å². The summed E-state index contributed by atoms with van der Waals surface area (Å²) < 4.78 is 27.8. The lowest BCUT2D eigenvalue weighted by molar-refractivity contribution is 0.141. The summed E-state index contributed by atoms with van der Waals surface area (Å²) in [7, 11) is -3.50. The van der Waals surface area contributed by atoms with Crippen LogP contribution < -0.4 is 5.32 Å². The number of rotatable bonds is 7. The predicted octanol–water partition coefficient (Wildman–Crippen LogP) is 4.62. The summed E-state index contributed by atoms with van der Waals surface area (Å²) in [5, 5.41) is 4.48. The lowest BCUT2D eigenvalue weighted by Crippen LogP contribution is -2.49. The van der Waals surface area contributed by atoms with Gasteiger partial charge in [-0.1, -0.05) is 60.2 Å². The number of hydrogen-bond donors (Lipinski definition) is 1. The monoisotopic (exact) mass is 501 g/mol. The van der Waals surface area contributed by atoms with Gasteiger partial charge in [0.2, 0.25) is 10.0 Å². The largest absolute Gasteiger partial charge is 0.365 e. The van der Waals surface area contributed by atoms with Gasteiger partial charge in [0.05, 0.1) is 16.5 Å². The Morgan fingerprint density at radius 2 is 1.53 bits per heavy atom. The fraction of sp³-hybridized carbons (Fsp3) is 0.286. The Balaban J connectivity index is 1.32. The van der Waals surface area contributed by atoms with Crippen molar-refractivity contribution in [2.45, 2.75) is 31.3 Å². The molecule has 186 valence electrons. The molecule has 7 nitrogen and oxygen atoms in total. The van der Waals surface area contributed by atoms with Crippen LogP contribution in [0.3, 0.4) is 0 Å². The first-order valence-electron chi connectivity index (χ1n) is 12.3. The molecular weight excluding hydrogens is 470 g/mol. The van der Waals surface area contributed by atoms with E-state index in [9.17, 15) is 8.42 Å². The van der Waals surface area contributed by atoms with E-state index in [1.165, 1.54) is 5.56 Å². The summed E-state index contributed by atoms with van der Waals surface area (Å²) in [6.45, 7) is 6.83. The topological polar surface area (TPSA) is 78.4 Å². The lowest BCUT2D eigenvalue weighted by Gasteiger charge is -2.36. The number of nitrogens with one attached hydrogen (secondary N) is 1. The van der Waals surface area contributed by atoms with Crippen molar-refractivity contribution in [3.05, 3.63) is 95.8 Å². The smallest absolute Gasteiger partial charge is 0.243 e. The molecule has 2 heterocycles. The molecule has 1 aliphatic heterocycles. The second kappa shape index (κ2) is 10.3. The first kappa shape index (κ1) is 24.4. The highest BCUT2D eigenvalue weighted by molar-refractivity contribution is 7.89. The third kappa shape index (κ3) is 5.11. The zero-order valence-electron chi connectivity index (χ0n) is 20.6. The highest BCUT2D eigenvalue weighted by Crippen LogP contribution is 2.27. The van der Waals surface area contributed by atoms with Crippen LogP contribution in [0.2, 0.25) is 0 Å². The number of benzene rings is 3. The van der Waals surface area contributed by atoms with Gasteiger partial charge in [-0.15, -0.1) is 0 Å². The highest BCUT2D eigenvalue weighted by atomic mass is 32.2. The van der Waals surface area contributed by atoms with Crippen molar-refractivity contribution in [1.29, 1.82) is 0 Å². The number of aromatic nitrogens is 2. The van der Waals surface area contributed by atoms with Crippen molar-refractivity contribution < 1.29 is 8.42 Å². The average Bonchev–Trinajstić information content (AvgIpc) is 2.92. The van der Waals surface area contributed by atoms with Gasteiger partial charge in [0, 0.05) is 38.1 Å². The summed E-state index contributed by atoms with van der Waals surface area (Å²) in [6, 6.07) is 25.3. The molecule has 1 aromatic heterocycles. The Morgan fingerprint density at radius 1 is 0.861 bits per heavy atom. The quantitative estimate of drug-likeness (QED) is 0.398. The number of hydrogen-bond acceptors (Lipinski definition) is 6. The van der Waals surface area contributed by atoms with Crippen LogP contribution in [0.25, 0.3) is 10.9 Å². The van der Waals surface area contributed by atoms with Crippen molar-refractivity contribution in [3.63, 3.8) is 0 Å². The Kier molecular flexibility index (Phi) is 7.00. The van der Waals surface area contributed by atoms with Crippen molar-refractivity contribution in [1.82, 2.24) is 19.2 Å². The highest BCUT2D eigenvalue weighted by Gasteiger charge is 2.31. The molecule has 1 unspecified atom stereocenters. The van der Waals surface area contributed by atoms with E-state index in [0.29, 0.717) is 37.6 Å². The summed E-state index contributed by atoms with van der Waals surface area (Å²) in [5.74, 6) is 1.55. The van der Waals surface area contributed by atoms with E-state index >= 15 is 0 Å². The molecule has 36 heavy (non-hydrogen) atoms. The summed E-state index contributed by atoms with van der Waals surface area (Å²) >= 11 is 0. The molecule has 0 saturated carbocycles. The molecule has 0 spiro atoms. The van der Waals surface area contributed by atoms with E-state index in [-0.39, 0.29) is 6.04 Å². The zero-order valence-corrected chi connectivity index (χ0v) is 21.4. The van der Waals surface area contributed by atoms with Crippen molar-refractivity contribution in [2.24, 2.45) is 0 Å². The van der Waals surface area contributed by atoms with E-state index in [4.69, 9.17) is 9.97 Å². The van der Waals surface area contributed by atoms with E-state index in [2.05, 4.69) is 29.3 Å². The van der Waals surface area contributed by atoms with Crippen molar-refractivity contribution >= 4 is 26.7 Å². The van der Waals surface area contributed by atoms with Crippen LogP contribution in [0.15, 0.2) is 83.8 Å². The third-order valence-electron chi connectivity index (χ3n) is 6.78. The summed E-state index contributed by atoms with van der Waals surface area (Å²) in [4.78, 5) is 12.4. The standard InChI is InChI=1S/C28H31N5O2S/c1-21-12-14-24(15-13-21)36(34,35)33-18-16-32(17-19-33)22(2)27-30-26-11-7-6-10-25(26)28(31-27)29-20-23-8-4-3-5-9-23/h3-15,22H,16-20H2,1-2H3,(H,29,30,31). The normalized spacial score (nSPS) is 16.2. The Hall–Kier alpha value is -3.33. The summed E-state index contributed by atoms with van der Waals surface area (Å²) in [5.41, 5.74) is 3.12. The summed E-state index contributed by atoms with van der Waals surface area (Å²) in [6.07, 6.45) is 0. The van der Waals surface area contributed by atoms with Gasteiger partial charge in [0.15, 0.2) is 0 Å². The predicted molar refractivity (Wildman–Crippen MR) is 143 cm³/mol. The maximum atomic E-state index is 13.1. The number of sulfonamides is 1. The SMILES string of the molecule is Cc1ccc(S(=O)(=O)N2CCN(C(C)c3nc(NCc4ccccc4)c4ccccc4n3)CC2)cc1. The minimum absolute atomic E-state index is 0.0453. The lowest BCUT2D eigenvalue weighted by atomic mass is 10.2. The van der Waals surface area contributed by atoms with Crippen LogP contribution in [-0.4, -0.2) is 53.8 Å². The molecule has 1 fully saturated rings. The molecule has 1 atom stereocenters. The minimum Gasteiger partial charge on any atom is -0.365 e. The van der Waals surface area contributed by atoms with E-state index in [1.807, 2.05) is 61.5 Å². The Labute approximate surface area is 212 Å². The average molecular weight is 502 g/mol. The van der Waals surface area contributed by atoms with Gasteiger partial charge >= 0.3 is 0 Å². The maximum absolute atomic E-state index is 13.1. The first-order chi connectivity index (χ1) is 17.4. The fourth-order valence-electron chi connectivity index (χ4n) is 4.55. The molecule has 0 radical (unpaired) electrons. The third-order valence-corrected chi connectivity index (χ3v) is 8.69. The van der Waals surface area contributed by atoms with Gasteiger partial charge < -0.3 is 5.32 Å². The number of piperazine rings is 1. The van der Waals surface area contributed by atoms with Crippen LogP contribution in [0.5, 0.6) is 0 Å². The van der Waals surface area contributed by atoms with E-state index < -0.39 is 10.0 Å². The zero-order chi connectivity index (χ0) is 25.1. The molecule has 0 bridgehead atoms. The molecule has 1 saturated heterocycles. The number of nitrogens with zero attached hydrogens (tertiary/aromatic N) is 4. The molecule has 1 aliphatic rings. The van der Waals surface area contributed by atoms with Gasteiger partial charge in [-0.2, -0.15) is 4.31 Å². The number of aryl methyl sites for hydroxylation is 1. The number of fused-ring (bicyclic) bond motifs is 1. The second-order valence-electron chi connectivity index (χ2n) is 9.22. The Morgan fingerprint density at radius 3 is 2.25 bits per heavy atom. The minimum atomic E-state index is -3.50. The molecular formula is C28H31N5O2S. The maximum Gasteiger partial charge on any atom is 0.243 e. The molecule has 5 rings (SSSR count). The van der Waals surface area contributed by atoms with Crippen LogP contribution in [0.1, 0.15) is 29.9 Å². The second-order valence-corrected chi connectivity index (χ2v) is 11.2. The van der Waals surface area contributed by atoms with Gasteiger partial charge in [-0.25, -0.2) is 18.4 Å². The van der Waals surface area contributed by atoms with E-state index in [1.54, 1.807) is 16.4 Å². The molecule has 0 aliphatic carbocycles. The number of anilines is 1. The molecule has 0 amide bonds. The van der Waals surface area contributed by atoms with Crippen LogP contribution in [-0.2, 0) is 16.6 Å². The van der Waals surface area contributed by atoms with Crippen LogP contribution in [0, 0.1) is 6.92 Å². The molecule has 1 N–H and O–H groups in total. The van der Waals surface area contributed by atoms with Gasteiger partial charge in [-0.3, -0.25) is 4.90 Å². The van der Waals surface area contributed by atoms with Gasteiger partial charge in [-0.05, 0) is 43.7 Å². The molecule has 4 aromatic rings. The number of para-hydroxylation sites is 1. The fourth-order valence-corrected chi connectivity index (χ4v) is 5.97. The van der Waals surface area contributed by atoms with Gasteiger partial charge in [0.1, 0.15) is 11.6 Å².